The summed E-state index contributed by atoms with van der Waals surface area (Å²) in [5, 5.41) is 4.00. The predicted octanol–water partition coefficient (Wildman–Crippen LogP) is 14.6. The molecule has 0 heterocycles. The van der Waals surface area contributed by atoms with E-state index in [-0.39, 0.29) is 17.4 Å². The molecule has 0 aromatic carbocycles. The summed E-state index contributed by atoms with van der Waals surface area (Å²) >= 11 is 0. The largest absolute Gasteiger partial charge is 0.384 e. The lowest BCUT2D eigenvalue weighted by Crippen LogP contribution is -2.32. The second-order valence-electron chi connectivity index (χ2n) is 16.1. The molecule has 0 bridgehead atoms. The number of allylic oxidation sites excluding steroid dienone is 24. The average molecular weight is 710 g/mol. The first-order valence-corrected chi connectivity index (χ1v) is 20.9. The second kappa shape index (κ2) is 21.2. The van der Waals surface area contributed by atoms with Crippen molar-refractivity contribution in [3.05, 3.63) is 168 Å². The van der Waals surface area contributed by atoms with E-state index in [2.05, 4.69) is 183 Å². The number of nitrogens with one attached hydrogen (secondary N) is 1. The minimum atomic E-state index is -0.0757. The molecular weight excluding hydrogens is 639 g/mol. The van der Waals surface area contributed by atoms with Crippen LogP contribution in [-0.4, -0.2) is 6.04 Å². The minimum absolute atomic E-state index is 0.0757. The minimum Gasteiger partial charge on any atom is -0.384 e. The lowest BCUT2D eigenvalue weighted by atomic mass is 9.71. The van der Waals surface area contributed by atoms with Gasteiger partial charge in [0, 0.05) is 24.1 Å². The van der Waals surface area contributed by atoms with Crippen LogP contribution in [0.3, 0.4) is 0 Å². The van der Waals surface area contributed by atoms with Crippen LogP contribution in [0.4, 0.5) is 0 Å². The quantitative estimate of drug-likeness (QED) is 0.140. The van der Waals surface area contributed by atoms with Crippen molar-refractivity contribution in [1.29, 1.82) is 0 Å². The standard InChI is InChI=1S/C52H71N/c1-10-23-46-35-43(30-32-44(46)12-3)31-33-47(52(9)34-22-16-17-25-39(6)48(14-5)45(13-4)37-52)38-53-41(8)50(24-11-2)51(36-42-27-18-15-19-28-42)49-29-21-20-26-40(49)7/h10-11,13,17-18,20-21,23-27,29-33,35-36,38-41,44,46,49,51,53H,2,4,12,14-16,19,22,28,34,37H2,1,3,5-9H3/b23-10-,25-17-,33-31-,42-36-,47-38+,48-45-,50-24+. The van der Waals surface area contributed by atoms with Gasteiger partial charge in [-0.25, -0.2) is 0 Å². The van der Waals surface area contributed by atoms with E-state index in [1.165, 1.54) is 46.3 Å². The van der Waals surface area contributed by atoms with Crippen LogP contribution in [0.2, 0.25) is 0 Å². The van der Waals surface area contributed by atoms with Crippen molar-refractivity contribution in [1.82, 2.24) is 5.32 Å². The molecule has 1 heteroatoms. The first kappa shape index (κ1) is 41.9. The van der Waals surface area contributed by atoms with Gasteiger partial charge in [0.25, 0.3) is 0 Å². The Morgan fingerprint density at radius 1 is 1.02 bits per heavy atom. The van der Waals surface area contributed by atoms with Crippen LogP contribution < -0.4 is 5.32 Å². The molecule has 0 spiro atoms. The fraction of sp³-hybridized carbons (Fsp3) is 0.462. The van der Waals surface area contributed by atoms with Crippen molar-refractivity contribution in [2.24, 2.45) is 40.9 Å². The zero-order valence-corrected chi connectivity index (χ0v) is 34.4. The second-order valence-corrected chi connectivity index (χ2v) is 16.1. The molecule has 8 unspecified atom stereocenters. The van der Waals surface area contributed by atoms with Crippen LogP contribution in [0, 0.1) is 40.9 Å². The highest BCUT2D eigenvalue weighted by Crippen LogP contribution is 2.43. The Bertz CT molecular complexity index is 1620. The molecule has 0 saturated carbocycles. The van der Waals surface area contributed by atoms with Crippen LogP contribution in [0.25, 0.3) is 0 Å². The van der Waals surface area contributed by atoms with Gasteiger partial charge in [0.2, 0.25) is 0 Å². The van der Waals surface area contributed by atoms with Crippen LogP contribution >= 0.6 is 0 Å². The van der Waals surface area contributed by atoms with E-state index in [9.17, 15) is 0 Å². The average Bonchev–Trinajstić information content (AvgIpc) is 3.16. The summed E-state index contributed by atoms with van der Waals surface area (Å²) in [6.45, 7) is 24.9. The molecule has 1 N–H and O–H groups in total. The van der Waals surface area contributed by atoms with Gasteiger partial charge < -0.3 is 5.32 Å². The van der Waals surface area contributed by atoms with Gasteiger partial charge in [-0.1, -0.05) is 174 Å². The maximum atomic E-state index is 4.37. The van der Waals surface area contributed by atoms with Crippen molar-refractivity contribution in [2.45, 2.75) is 112 Å². The zero-order valence-electron chi connectivity index (χ0n) is 34.4. The van der Waals surface area contributed by atoms with Gasteiger partial charge in [-0.2, -0.15) is 0 Å². The molecule has 284 valence electrons. The Kier molecular flexibility index (Phi) is 16.7. The fourth-order valence-electron chi connectivity index (χ4n) is 8.97. The molecule has 0 amide bonds. The molecule has 0 aromatic heterocycles. The Balaban J connectivity index is 1.80. The molecule has 8 atom stereocenters. The zero-order chi connectivity index (χ0) is 38.2. The molecule has 53 heavy (non-hydrogen) atoms. The summed E-state index contributed by atoms with van der Waals surface area (Å²) in [5.41, 5.74) is 8.32. The predicted molar refractivity (Wildman–Crippen MR) is 235 cm³/mol. The lowest BCUT2D eigenvalue weighted by Gasteiger charge is -2.35. The molecule has 1 nitrogen and oxygen atoms in total. The maximum Gasteiger partial charge on any atom is 0.0449 e. The highest BCUT2D eigenvalue weighted by atomic mass is 14.9. The van der Waals surface area contributed by atoms with E-state index in [1.807, 2.05) is 6.08 Å². The van der Waals surface area contributed by atoms with Gasteiger partial charge in [0.05, 0.1) is 0 Å². The van der Waals surface area contributed by atoms with Crippen LogP contribution in [-0.2, 0) is 0 Å². The summed E-state index contributed by atoms with van der Waals surface area (Å²) in [6, 6.07) is 0.113. The fourth-order valence-corrected chi connectivity index (χ4v) is 8.97. The van der Waals surface area contributed by atoms with Crippen LogP contribution in [0.1, 0.15) is 106 Å². The first-order chi connectivity index (χ1) is 25.7. The van der Waals surface area contributed by atoms with Gasteiger partial charge in [-0.15, -0.1) is 0 Å². The van der Waals surface area contributed by atoms with Crippen LogP contribution in [0.15, 0.2) is 168 Å². The summed E-state index contributed by atoms with van der Waals surface area (Å²) in [5.74, 6) is 2.52. The SMILES string of the molecule is C=C/C=C(\C(C)N/C=C(\C=C/C1=CC(/C=C\C)C(CC)C=C1)C1(C)CCC/C=C\C(C)/C(CC)=C(/C=C)C1)C(/C=C1/C=CCCC1)C1C=CC=CC1C. The Labute approximate surface area is 325 Å². The van der Waals surface area contributed by atoms with Crippen molar-refractivity contribution in [3.63, 3.8) is 0 Å². The Morgan fingerprint density at radius 3 is 2.49 bits per heavy atom. The number of hydrogen-bond acceptors (Lipinski definition) is 1. The van der Waals surface area contributed by atoms with Crippen molar-refractivity contribution in [2.75, 3.05) is 0 Å². The van der Waals surface area contributed by atoms with Crippen molar-refractivity contribution >= 4 is 0 Å². The van der Waals surface area contributed by atoms with Crippen LogP contribution in [0.5, 0.6) is 0 Å². The molecular formula is C52H71N. The highest BCUT2D eigenvalue weighted by molar-refractivity contribution is 5.42. The summed E-state index contributed by atoms with van der Waals surface area (Å²) in [4.78, 5) is 0. The Hall–Kier alpha value is -3.84. The van der Waals surface area contributed by atoms with Crippen molar-refractivity contribution in [3.8, 4) is 0 Å². The smallest absolute Gasteiger partial charge is 0.0449 e. The van der Waals surface area contributed by atoms with E-state index in [0.29, 0.717) is 29.6 Å². The summed E-state index contributed by atoms with van der Waals surface area (Å²) < 4.78 is 0. The summed E-state index contributed by atoms with van der Waals surface area (Å²) in [6.07, 6.45) is 56.8. The monoisotopic (exact) mass is 710 g/mol. The van der Waals surface area contributed by atoms with E-state index in [4.69, 9.17) is 0 Å². The maximum absolute atomic E-state index is 4.37. The molecule has 0 saturated heterocycles. The topological polar surface area (TPSA) is 12.0 Å². The van der Waals surface area contributed by atoms with Crippen molar-refractivity contribution < 1.29 is 0 Å². The molecule has 0 aromatic rings. The third kappa shape index (κ3) is 11.6. The van der Waals surface area contributed by atoms with E-state index in [1.54, 1.807) is 0 Å². The van der Waals surface area contributed by atoms with E-state index >= 15 is 0 Å². The molecule has 0 fully saturated rings. The molecule has 4 aliphatic carbocycles. The number of hydrogen-bond donors (Lipinski definition) is 1. The van der Waals surface area contributed by atoms with E-state index < -0.39 is 0 Å². The number of rotatable bonds is 14. The third-order valence-electron chi connectivity index (χ3n) is 12.3. The lowest BCUT2D eigenvalue weighted by molar-refractivity contribution is 0.355. The van der Waals surface area contributed by atoms with Gasteiger partial charge in [-0.3, -0.25) is 0 Å². The summed E-state index contributed by atoms with van der Waals surface area (Å²) in [7, 11) is 0. The molecule has 4 aliphatic rings. The van der Waals surface area contributed by atoms with Gasteiger partial charge >= 0.3 is 0 Å². The van der Waals surface area contributed by atoms with E-state index in [0.717, 1.165) is 44.9 Å². The van der Waals surface area contributed by atoms with Gasteiger partial charge in [0.15, 0.2) is 0 Å². The van der Waals surface area contributed by atoms with Gasteiger partial charge in [0.1, 0.15) is 0 Å². The third-order valence-corrected chi connectivity index (χ3v) is 12.3. The Morgan fingerprint density at radius 2 is 1.81 bits per heavy atom. The highest BCUT2D eigenvalue weighted by Gasteiger charge is 2.32. The van der Waals surface area contributed by atoms with Gasteiger partial charge in [-0.05, 0) is 123 Å². The normalized spacial score (nSPS) is 32.5. The first-order valence-electron chi connectivity index (χ1n) is 20.9. The molecule has 0 aliphatic heterocycles. The molecule has 0 radical (unpaired) electrons. The molecule has 4 rings (SSSR count).